The van der Waals surface area contributed by atoms with E-state index >= 15 is 0 Å². The maximum Gasteiger partial charge on any atom is 0.257 e. The predicted molar refractivity (Wildman–Crippen MR) is 134 cm³/mol. The van der Waals surface area contributed by atoms with E-state index in [9.17, 15) is 0 Å². The lowest BCUT2D eigenvalue weighted by molar-refractivity contribution is 0.415. The van der Waals surface area contributed by atoms with Gasteiger partial charge < -0.3 is 13.7 Å². The van der Waals surface area contributed by atoms with Crippen LogP contribution in [0.25, 0.3) is 22.2 Å². The Labute approximate surface area is 205 Å². The molecule has 5 aromatic rings. The van der Waals surface area contributed by atoms with Gasteiger partial charge in [0.1, 0.15) is 5.75 Å². The zero-order valence-corrected chi connectivity index (χ0v) is 20.4. The summed E-state index contributed by atoms with van der Waals surface area (Å²) in [4.78, 5) is 0.962. The number of hydrogen-bond donors (Lipinski definition) is 0. The third-order valence-electron chi connectivity index (χ3n) is 5.33. The number of hydrogen-bond acceptors (Lipinski definition) is 8. The zero-order chi connectivity index (χ0) is 23.3. The first-order chi connectivity index (χ1) is 16.7. The van der Waals surface area contributed by atoms with E-state index in [4.69, 9.17) is 9.15 Å². The number of thioether (sulfide) groups is 1. The predicted octanol–water partition coefficient (Wildman–Crippen LogP) is 6.16. The van der Waals surface area contributed by atoms with Crippen LogP contribution in [0.15, 0.2) is 81.7 Å². The summed E-state index contributed by atoms with van der Waals surface area (Å²) in [7, 11) is 1.66. The zero-order valence-electron chi connectivity index (χ0n) is 18.8. The number of thiophene rings is 1. The number of aromatic nitrogens is 5. The Kier molecular flexibility index (Phi) is 6.73. The molecule has 3 aromatic heterocycles. The van der Waals surface area contributed by atoms with Crippen molar-refractivity contribution in [2.24, 2.45) is 0 Å². The molecule has 1 atom stereocenters. The van der Waals surface area contributed by atoms with Crippen molar-refractivity contribution in [3.8, 4) is 27.9 Å². The molecule has 0 aliphatic carbocycles. The number of methoxy groups -OCH3 is 1. The van der Waals surface area contributed by atoms with Gasteiger partial charge in [-0.1, -0.05) is 48.2 Å². The fourth-order valence-corrected chi connectivity index (χ4v) is 5.07. The minimum absolute atomic E-state index is 0.0791. The number of nitrogens with zero attached hydrogens (tertiary/aromatic N) is 5. The standard InChI is InChI=1S/C25H23N5O2S2/c1-17(23-27-28-24(32-23)21-9-6-16-33-21)34-25-29-26-22(19-10-12-20(31-2)13-11-19)30(25)15-14-18-7-4-3-5-8-18/h3-13,16-17H,14-15H2,1-2H3/t17-/m1/s1. The summed E-state index contributed by atoms with van der Waals surface area (Å²) in [5.41, 5.74) is 2.25. The molecule has 5 rings (SSSR count). The second-order valence-electron chi connectivity index (χ2n) is 7.60. The van der Waals surface area contributed by atoms with Crippen molar-refractivity contribution < 1.29 is 9.15 Å². The topological polar surface area (TPSA) is 78.9 Å². The third kappa shape index (κ3) is 4.90. The summed E-state index contributed by atoms with van der Waals surface area (Å²) in [6.07, 6.45) is 0.868. The van der Waals surface area contributed by atoms with Crippen LogP contribution in [0, 0.1) is 0 Å². The van der Waals surface area contributed by atoms with Crippen molar-refractivity contribution >= 4 is 23.1 Å². The molecule has 7 nitrogen and oxygen atoms in total. The van der Waals surface area contributed by atoms with Crippen LogP contribution in [0.5, 0.6) is 5.75 Å². The van der Waals surface area contributed by atoms with Crippen molar-refractivity contribution in [1.29, 1.82) is 0 Å². The van der Waals surface area contributed by atoms with Crippen LogP contribution in [-0.4, -0.2) is 32.1 Å². The van der Waals surface area contributed by atoms with Crippen LogP contribution in [0.3, 0.4) is 0 Å². The average Bonchev–Trinajstić information content (AvgIpc) is 3.64. The van der Waals surface area contributed by atoms with Crippen LogP contribution in [0.1, 0.15) is 23.6 Å². The van der Waals surface area contributed by atoms with Gasteiger partial charge in [-0.05, 0) is 54.6 Å². The van der Waals surface area contributed by atoms with Gasteiger partial charge in [0.25, 0.3) is 5.89 Å². The molecule has 0 radical (unpaired) electrons. The summed E-state index contributed by atoms with van der Waals surface area (Å²) in [5.74, 6) is 2.73. The molecule has 0 fully saturated rings. The summed E-state index contributed by atoms with van der Waals surface area (Å²) in [6.45, 7) is 2.79. The van der Waals surface area contributed by atoms with E-state index in [1.165, 1.54) is 5.56 Å². The molecule has 0 saturated heterocycles. The smallest absolute Gasteiger partial charge is 0.257 e. The number of rotatable bonds is 9. The Morgan fingerprint density at radius 3 is 2.53 bits per heavy atom. The molecule has 0 amide bonds. The van der Waals surface area contributed by atoms with Gasteiger partial charge in [-0.25, -0.2) is 0 Å². The quantitative estimate of drug-likeness (QED) is 0.229. The SMILES string of the molecule is COc1ccc(-c2nnc(S[C@H](C)c3nnc(-c4cccs4)o3)n2CCc2ccccc2)cc1. The molecule has 0 aliphatic heterocycles. The van der Waals surface area contributed by atoms with Crippen LogP contribution >= 0.6 is 23.1 Å². The van der Waals surface area contributed by atoms with Gasteiger partial charge in [-0.2, -0.15) is 0 Å². The van der Waals surface area contributed by atoms with Crippen molar-refractivity contribution in [2.45, 2.75) is 30.3 Å². The lowest BCUT2D eigenvalue weighted by Crippen LogP contribution is -2.06. The fourth-order valence-electron chi connectivity index (χ4n) is 3.52. The molecular weight excluding hydrogens is 466 g/mol. The first-order valence-electron chi connectivity index (χ1n) is 10.9. The van der Waals surface area contributed by atoms with E-state index in [2.05, 4.69) is 49.2 Å². The van der Waals surface area contributed by atoms with Crippen LogP contribution in [0.4, 0.5) is 0 Å². The van der Waals surface area contributed by atoms with Crippen LogP contribution < -0.4 is 4.74 Å². The lowest BCUT2D eigenvalue weighted by atomic mass is 10.1. The maximum absolute atomic E-state index is 5.94. The maximum atomic E-state index is 5.94. The summed E-state index contributed by atoms with van der Waals surface area (Å²) in [5, 5.41) is 20.3. The van der Waals surface area contributed by atoms with Crippen molar-refractivity contribution in [3.63, 3.8) is 0 Å². The molecule has 3 heterocycles. The molecule has 172 valence electrons. The van der Waals surface area contributed by atoms with E-state index in [1.807, 2.05) is 54.8 Å². The molecule has 2 aromatic carbocycles. The molecule has 9 heteroatoms. The molecule has 0 saturated carbocycles. The van der Waals surface area contributed by atoms with Crippen molar-refractivity contribution in [2.75, 3.05) is 7.11 Å². The number of benzene rings is 2. The third-order valence-corrected chi connectivity index (χ3v) is 7.26. The van der Waals surface area contributed by atoms with Gasteiger partial charge in [0, 0.05) is 12.1 Å². The second-order valence-corrected chi connectivity index (χ2v) is 9.86. The monoisotopic (exact) mass is 489 g/mol. The molecule has 0 aliphatic rings. The second kappa shape index (κ2) is 10.2. The molecule has 0 spiro atoms. The van der Waals surface area contributed by atoms with Gasteiger partial charge in [0.2, 0.25) is 5.89 Å². The van der Waals surface area contributed by atoms with Gasteiger partial charge in [-0.3, -0.25) is 0 Å². The minimum atomic E-state index is -0.0791. The van der Waals surface area contributed by atoms with E-state index in [1.54, 1.807) is 30.2 Å². The number of ether oxygens (including phenoxy) is 1. The summed E-state index contributed by atoms with van der Waals surface area (Å²) >= 11 is 3.14. The average molecular weight is 490 g/mol. The highest BCUT2D eigenvalue weighted by molar-refractivity contribution is 7.99. The lowest BCUT2D eigenvalue weighted by Gasteiger charge is -2.12. The van der Waals surface area contributed by atoms with Crippen molar-refractivity contribution in [3.05, 3.63) is 83.6 Å². The Morgan fingerprint density at radius 1 is 0.971 bits per heavy atom. The van der Waals surface area contributed by atoms with Gasteiger partial charge in [0.15, 0.2) is 11.0 Å². The van der Waals surface area contributed by atoms with E-state index in [0.29, 0.717) is 11.8 Å². The Morgan fingerprint density at radius 2 is 1.79 bits per heavy atom. The van der Waals surface area contributed by atoms with Crippen molar-refractivity contribution in [1.82, 2.24) is 25.0 Å². The summed E-state index contributed by atoms with van der Waals surface area (Å²) in [6, 6.07) is 22.2. The minimum Gasteiger partial charge on any atom is -0.497 e. The highest BCUT2D eigenvalue weighted by Gasteiger charge is 2.22. The number of aryl methyl sites for hydroxylation is 1. The Balaban J connectivity index is 1.41. The van der Waals surface area contributed by atoms with Gasteiger partial charge in [-0.15, -0.1) is 31.7 Å². The van der Waals surface area contributed by atoms with E-state index < -0.39 is 0 Å². The summed E-state index contributed by atoms with van der Waals surface area (Å²) < 4.78 is 13.4. The highest BCUT2D eigenvalue weighted by Crippen LogP contribution is 2.36. The molecule has 34 heavy (non-hydrogen) atoms. The molecular formula is C25H23N5O2S2. The molecule has 0 unspecified atom stereocenters. The fraction of sp³-hybridized carbons (Fsp3) is 0.200. The first kappa shape index (κ1) is 22.4. The van der Waals surface area contributed by atoms with E-state index in [0.717, 1.165) is 40.1 Å². The Hall–Kier alpha value is -3.43. The largest absolute Gasteiger partial charge is 0.497 e. The van der Waals surface area contributed by atoms with Gasteiger partial charge >= 0.3 is 0 Å². The first-order valence-corrected chi connectivity index (χ1v) is 12.6. The van der Waals surface area contributed by atoms with Gasteiger partial charge in [0.05, 0.1) is 17.2 Å². The Bertz CT molecular complexity index is 1330. The van der Waals surface area contributed by atoms with E-state index in [-0.39, 0.29) is 5.25 Å². The molecule has 0 N–H and O–H groups in total. The van der Waals surface area contributed by atoms with Crippen LogP contribution in [0.2, 0.25) is 0 Å². The highest BCUT2D eigenvalue weighted by atomic mass is 32.2. The molecule has 0 bridgehead atoms. The normalized spacial score (nSPS) is 12.1. The van der Waals surface area contributed by atoms with Crippen LogP contribution in [-0.2, 0) is 13.0 Å².